The first-order valence-corrected chi connectivity index (χ1v) is 12.8. The normalized spacial score (nSPS) is 14.2. The number of aromatic nitrogens is 4. The fraction of sp³-hybridized carbons (Fsp3) is 0.393. The number of imidazole rings is 1. The number of carbonyl (C=O) groups is 1. The highest BCUT2D eigenvalue weighted by Gasteiger charge is 2.28. The average Bonchev–Trinajstić information content (AvgIpc) is 3.24. The van der Waals surface area contributed by atoms with Crippen LogP contribution in [0.4, 0.5) is 4.79 Å². The number of aliphatic hydroxyl groups excluding tert-OH is 1. The van der Waals surface area contributed by atoms with Gasteiger partial charge in [0.25, 0.3) is 0 Å². The fourth-order valence-corrected chi connectivity index (χ4v) is 5.44. The molecule has 0 spiro atoms. The largest absolute Gasteiger partial charge is 0.453 e. The first kappa shape index (κ1) is 25.4. The summed E-state index contributed by atoms with van der Waals surface area (Å²) in [5.74, 6) is 0. The second-order valence-electron chi connectivity index (χ2n) is 9.57. The van der Waals surface area contributed by atoms with Crippen molar-refractivity contribution in [3.8, 4) is 6.07 Å². The number of carbonyl (C=O) groups excluding carboxylic acids is 1. The molecule has 196 valence electrons. The number of methoxy groups -OCH3 is 1. The van der Waals surface area contributed by atoms with Crippen molar-refractivity contribution in [1.82, 2.24) is 24.0 Å². The summed E-state index contributed by atoms with van der Waals surface area (Å²) < 4.78 is 8.41. The Balaban J connectivity index is 1.55. The minimum absolute atomic E-state index is 0.0486. The van der Waals surface area contributed by atoms with Crippen LogP contribution in [0, 0.1) is 11.3 Å². The number of likely N-dealkylation sites (tertiary alicyclic amines) is 1. The van der Waals surface area contributed by atoms with Gasteiger partial charge < -0.3 is 14.7 Å². The third-order valence-electron chi connectivity index (χ3n) is 7.38. The molecule has 4 aromatic rings. The van der Waals surface area contributed by atoms with Gasteiger partial charge >= 0.3 is 11.8 Å². The summed E-state index contributed by atoms with van der Waals surface area (Å²) >= 11 is 0. The summed E-state index contributed by atoms with van der Waals surface area (Å²) in [6.07, 6.45) is 8.25. The smallest absolute Gasteiger partial charge is 0.409 e. The summed E-state index contributed by atoms with van der Waals surface area (Å²) in [6, 6.07) is 9.55. The van der Waals surface area contributed by atoms with E-state index in [0.717, 1.165) is 39.5 Å². The first-order valence-electron chi connectivity index (χ1n) is 12.8. The Kier molecular flexibility index (Phi) is 7.38. The van der Waals surface area contributed by atoms with Gasteiger partial charge in [-0.2, -0.15) is 5.26 Å². The van der Waals surface area contributed by atoms with Crippen molar-refractivity contribution in [2.75, 3.05) is 26.8 Å². The van der Waals surface area contributed by atoms with E-state index in [4.69, 9.17) is 9.72 Å². The van der Waals surface area contributed by atoms with E-state index in [-0.39, 0.29) is 31.0 Å². The van der Waals surface area contributed by atoms with Gasteiger partial charge in [-0.25, -0.2) is 9.59 Å². The van der Waals surface area contributed by atoms with E-state index in [2.05, 4.69) is 11.1 Å². The highest BCUT2D eigenvalue weighted by molar-refractivity contribution is 5.87. The minimum atomic E-state index is -0.347. The van der Waals surface area contributed by atoms with E-state index in [0.29, 0.717) is 44.3 Å². The molecule has 38 heavy (non-hydrogen) atoms. The molecule has 1 aliphatic heterocycles. The van der Waals surface area contributed by atoms with Crippen molar-refractivity contribution in [3.63, 3.8) is 0 Å². The van der Waals surface area contributed by atoms with Crippen LogP contribution in [0.5, 0.6) is 0 Å². The number of nitriles is 1. The molecule has 0 saturated carbocycles. The lowest BCUT2D eigenvalue weighted by Crippen LogP contribution is -2.41. The van der Waals surface area contributed by atoms with Gasteiger partial charge in [-0.1, -0.05) is 6.07 Å². The summed E-state index contributed by atoms with van der Waals surface area (Å²) in [7, 11) is 1.38. The van der Waals surface area contributed by atoms with Crippen LogP contribution in [0.25, 0.3) is 21.8 Å². The molecule has 0 unspecified atom stereocenters. The number of nitrogens with zero attached hydrogens (tertiary/aromatic N) is 6. The van der Waals surface area contributed by atoms with E-state index >= 15 is 0 Å². The number of aryl methyl sites for hydroxylation is 1. The lowest BCUT2D eigenvalue weighted by molar-refractivity contribution is 0.107. The SMILES string of the molecule is COC(=O)N1CCC(n2c(=O)n(Cc3ncc4cc(C#N)ccc4c3CCCCO)c3cnccc32)CC1. The maximum atomic E-state index is 13.9. The average molecular weight is 515 g/mol. The number of rotatable bonds is 7. The molecule has 10 nitrogen and oxygen atoms in total. The number of pyridine rings is 2. The summed E-state index contributed by atoms with van der Waals surface area (Å²) in [5, 5.41) is 20.5. The predicted molar refractivity (Wildman–Crippen MR) is 142 cm³/mol. The lowest BCUT2D eigenvalue weighted by atomic mass is 9.98. The van der Waals surface area contributed by atoms with E-state index in [9.17, 15) is 20.0 Å². The van der Waals surface area contributed by atoms with Crippen molar-refractivity contribution in [2.45, 2.75) is 44.7 Å². The van der Waals surface area contributed by atoms with Crippen LogP contribution in [0.2, 0.25) is 0 Å². The fourth-order valence-electron chi connectivity index (χ4n) is 5.44. The molecule has 4 heterocycles. The molecule has 1 fully saturated rings. The minimum Gasteiger partial charge on any atom is -0.453 e. The Labute approximate surface area is 219 Å². The van der Waals surface area contributed by atoms with Crippen molar-refractivity contribution in [3.05, 3.63) is 70.2 Å². The second-order valence-corrected chi connectivity index (χ2v) is 9.57. The molecule has 0 radical (unpaired) electrons. The van der Waals surface area contributed by atoms with Gasteiger partial charge in [0.2, 0.25) is 0 Å². The highest BCUT2D eigenvalue weighted by atomic mass is 16.5. The predicted octanol–water partition coefficient (Wildman–Crippen LogP) is 3.38. The zero-order valence-electron chi connectivity index (χ0n) is 21.3. The Bertz CT molecular complexity index is 1580. The number of piperidine rings is 1. The van der Waals surface area contributed by atoms with Crippen molar-refractivity contribution < 1.29 is 14.6 Å². The number of hydrogen-bond donors (Lipinski definition) is 1. The first-order chi connectivity index (χ1) is 18.5. The number of benzene rings is 1. The van der Waals surface area contributed by atoms with Gasteiger partial charge in [0.15, 0.2) is 0 Å². The molecular weight excluding hydrogens is 484 g/mol. The summed E-state index contributed by atoms with van der Waals surface area (Å²) in [5.41, 5.74) is 3.78. The maximum Gasteiger partial charge on any atom is 0.409 e. The van der Waals surface area contributed by atoms with Crippen LogP contribution in [0.3, 0.4) is 0 Å². The van der Waals surface area contributed by atoms with Crippen LogP contribution in [-0.2, 0) is 17.7 Å². The van der Waals surface area contributed by atoms with Gasteiger partial charge in [-0.05, 0) is 61.3 Å². The van der Waals surface area contributed by atoms with Crippen LogP contribution in [-0.4, -0.2) is 62.0 Å². The van der Waals surface area contributed by atoms with E-state index in [1.54, 1.807) is 34.1 Å². The zero-order valence-corrected chi connectivity index (χ0v) is 21.3. The molecule has 3 aromatic heterocycles. The monoisotopic (exact) mass is 514 g/mol. The van der Waals surface area contributed by atoms with Gasteiger partial charge in [0.1, 0.15) is 0 Å². The summed E-state index contributed by atoms with van der Waals surface area (Å²) in [4.78, 5) is 36.5. The van der Waals surface area contributed by atoms with E-state index < -0.39 is 0 Å². The maximum absolute atomic E-state index is 13.9. The van der Waals surface area contributed by atoms with Crippen molar-refractivity contribution in [1.29, 1.82) is 5.26 Å². The van der Waals surface area contributed by atoms with Crippen LogP contribution >= 0.6 is 0 Å². The standard InChI is InChI=1S/C28H30N6O4/c1-38-28(37)32-11-8-21(9-12-32)34-25-7-10-30-17-26(25)33(27(34)36)18-24-23(4-2-3-13-35)22-6-5-19(15-29)14-20(22)16-31-24/h5-7,10,14,16-17,21,35H,2-4,8-9,11-13,18H2,1H3. The van der Waals surface area contributed by atoms with E-state index in [1.807, 2.05) is 22.8 Å². The number of aliphatic hydroxyl groups is 1. The Hall–Kier alpha value is -4.23. The number of hydrogen-bond acceptors (Lipinski definition) is 7. The Morgan fingerprint density at radius 3 is 2.74 bits per heavy atom. The zero-order chi connectivity index (χ0) is 26.6. The summed E-state index contributed by atoms with van der Waals surface area (Å²) in [6.45, 7) is 1.43. The molecule has 1 aromatic carbocycles. The topological polar surface area (TPSA) is 126 Å². The molecule has 1 amide bonds. The quantitative estimate of drug-likeness (QED) is 0.375. The molecule has 0 aliphatic carbocycles. The Morgan fingerprint density at radius 2 is 2.00 bits per heavy atom. The van der Waals surface area contributed by atoms with Gasteiger partial charge in [0.05, 0.1) is 48.2 Å². The molecule has 0 bridgehead atoms. The van der Waals surface area contributed by atoms with Crippen LogP contribution in [0.1, 0.15) is 48.5 Å². The number of amides is 1. The lowest BCUT2D eigenvalue weighted by Gasteiger charge is -2.31. The third-order valence-corrected chi connectivity index (χ3v) is 7.38. The van der Waals surface area contributed by atoms with Gasteiger partial charge in [-0.3, -0.25) is 19.1 Å². The number of fused-ring (bicyclic) bond motifs is 2. The van der Waals surface area contributed by atoms with Gasteiger partial charge in [0, 0.05) is 43.5 Å². The van der Waals surface area contributed by atoms with Crippen LogP contribution in [0.15, 0.2) is 47.7 Å². The molecule has 1 aliphatic rings. The van der Waals surface area contributed by atoms with Gasteiger partial charge in [-0.15, -0.1) is 0 Å². The molecule has 1 saturated heterocycles. The van der Waals surface area contributed by atoms with Crippen molar-refractivity contribution >= 4 is 27.9 Å². The second kappa shape index (κ2) is 11.0. The highest BCUT2D eigenvalue weighted by Crippen LogP contribution is 2.28. The number of unbranched alkanes of at least 4 members (excludes halogenated alkanes) is 1. The number of ether oxygens (including phenoxy) is 1. The molecule has 10 heteroatoms. The Morgan fingerprint density at radius 1 is 1.18 bits per heavy atom. The van der Waals surface area contributed by atoms with Crippen LogP contribution < -0.4 is 5.69 Å². The molecule has 1 N–H and O–H groups in total. The third kappa shape index (κ3) is 4.73. The molecule has 5 rings (SSSR count). The molecule has 0 atom stereocenters. The van der Waals surface area contributed by atoms with Crippen molar-refractivity contribution in [2.24, 2.45) is 0 Å². The molecular formula is C28H30N6O4. The van der Waals surface area contributed by atoms with E-state index in [1.165, 1.54) is 7.11 Å².